The summed E-state index contributed by atoms with van der Waals surface area (Å²) in [6, 6.07) is 15.6. The largest absolute Gasteiger partial charge is 0.394 e. The van der Waals surface area contributed by atoms with Gasteiger partial charge in [-0.2, -0.15) is 4.31 Å². The molecule has 2 aliphatic rings. The van der Waals surface area contributed by atoms with Crippen molar-refractivity contribution in [1.29, 1.82) is 0 Å². The molecule has 0 unspecified atom stereocenters. The predicted molar refractivity (Wildman–Crippen MR) is 114 cm³/mol. The molecule has 2 aromatic carbocycles. The highest BCUT2D eigenvalue weighted by Gasteiger charge is 2.49. The minimum Gasteiger partial charge on any atom is -0.394 e. The molecule has 2 N–H and O–H groups in total. The molecular formula is C22H24N4O3S. The van der Waals surface area contributed by atoms with Gasteiger partial charge in [0.15, 0.2) is 5.03 Å². The topological polar surface area (TPSA) is 87.5 Å². The van der Waals surface area contributed by atoms with E-state index in [1.54, 1.807) is 15.9 Å². The van der Waals surface area contributed by atoms with Crippen molar-refractivity contribution in [2.45, 2.75) is 23.5 Å². The third kappa shape index (κ3) is 3.03. The van der Waals surface area contributed by atoms with Crippen LogP contribution in [0.3, 0.4) is 0 Å². The van der Waals surface area contributed by atoms with E-state index >= 15 is 0 Å². The molecule has 8 heteroatoms. The molecule has 1 saturated heterocycles. The summed E-state index contributed by atoms with van der Waals surface area (Å²) in [5, 5.41) is 13.4. The summed E-state index contributed by atoms with van der Waals surface area (Å²) in [6.45, 7) is 0.361. The van der Waals surface area contributed by atoms with Crippen LogP contribution in [0.4, 0.5) is 5.69 Å². The van der Waals surface area contributed by atoms with Crippen molar-refractivity contribution in [3.8, 4) is 11.1 Å². The second-order valence-electron chi connectivity index (χ2n) is 7.99. The van der Waals surface area contributed by atoms with Crippen LogP contribution < -0.4 is 5.32 Å². The van der Waals surface area contributed by atoms with Gasteiger partial charge in [-0.3, -0.25) is 0 Å². The number of aliphatic hydroxyl groups excluding tert-OH is 1. The number of aliphatic hydroxyl groups is 1. The molecular weight excluding hydrogens is 400 g/mol. The molecule has 3 atom stereocenters. The summed E-state index contributed by atoms with van der Waals surface area (Å²) in [5.74, 6) is -0.00740. The van der Waals surface area contributed by atoms with E-state index in [4.69, 9.17) is 0 Å². The van der Waals surface area contributed by atoms with Crippen molar-refractivity contribution >= 4 is 15.7 Å². The van der Waals surface area contributed by atoms with E-state index < -0.39 is 10.0 Å². The van der Waals surface area contributed by atoms with Crippen LogP contribution in [0.1, 0.15) is 18.0 Å². The van der Waals surface area contributed by atoms with Crippen LogP contribution in [-0.4, -0.2) is 46.6 Å². The number of anilines is 1. The fourth-order valence-corrected chi connectivity index (χ4v) is 6.38. The van der Waals surface area contributed by atoms with E-state index in [9.17, 15) is 13.5 Å². The van der Waals surface area contributed by atoms with E-state index in [0.29, 0.717) is 13.0 Å². The lowest BCUT2D eigenvalue weighted by Crippen LogP contribution is -2.42. The highest BCUT2D eigenvalue weighted by Crippen LogP contribution is 2.49. The van der Waals surface area contributed by atoms with Crippen LogP contribution in [0.2, 0.25) is 0 Å². The maximum atomic E-state index is 13.4. The zero-order valence-corrected chi connectivity index (χ0v) is 17.5. The minimum absolute atomic E-state index is 0.00740. The van der Waals surface area contributed by atoms with Gasteiger partial charge in [0.1, 0.15) is 0 Å². The number of nitrogens with one attached hydrogen (secondary N) is 1. The van der Waals surface area contributed by atoms with Gasteiger partial charge < -0.3 is 15.0 Å². The monoisotopic (exact) mass is 424 g/mol. The Kier molecular flexibility index (Phi) is 4.65. The Hall–Kier alpha value is -2.68. The zero-order valence-electron chi connectivity index (χ0n) is 16.6. The van der Waals surface area contributed by atoms with Crippen molar-refractivity contribution in [2.24, 2.45) is 13.0 Å². The van der Waals surface area contributed by atoms with Crippen molar-refractivity contribution in [1.82, 2.24) is 13.9 Å². The summed E-state index contributed by atoms with van der Waals surface area (Å²) in [5.41, 5.74) is 3.94. The predicted octanol–water partition coefficient (Wildman–Crippen LogP) is 2.63. The Morgan fingerprint density at radius 1 is 1.17 bits per heavy atom. The van der Waals surface area contributed by atoms with Crippen LogP contribution in [-0.2, 0) is 17.1 Å². The molecule has 0 saturated carbocycles. The fraction of sp³-hybridized carbons (Fsp3) is 0.318. The first-order chi connectivity index (χ1) is 14.5. The van der Waals surface area contributed by atoms with E-state index in [1.807, 2.05) is 42.5 Å². The smallest absolute Gasteiger partial charge is 0.262 e. The number of rotatable bonds is 4. The summed E-state index contributed by atoms with van der Waals surface area (Å²) < 4.78 is 30.1. The van der Waals surface area contributed by atoms with Crippen LogP contribution >= 0.6 is 0 Å². The van der Waals surface area contributed by atoms with Gasteiger partial charge in [-0.25, -0.2) is 13.4 Å². The number of aryl methyl sites for hydroxylation is 1. The molecule has 0 aliphatic carbocycles. The van der Waals surface area contributed by atoms with Gasteiger partial charge in [0, 0.05) is 31.4 Å². The van der Waals surface area contributed by atoms with E-state index in [2.05, 4.69) is 16.4 Å². The molecule has 1 fully saturated rings. The normalized spacial score (nSPS) is 23.6. The van der Waals surface area contributed by atoms with Gasteiger partial charge in [0.25, 0.3) is 10.0 Å². The number of fused-ring (bicyclic) bond motifs is 3. The van der Waals surface area contributed by atoms with Crippen molar-refractivity contribution < 1.29 is 13.5 Å². The number of hydrogen-bond donors (Lipinski definition) is 2. The molecule has 0 spiro atoms. The highest BCUT2D eigenvalue weighted by molar-refractivity contribution is 7.89. The number of nitrogens with zero attached hydrogens (tertiary/aromatic N) is 3. The fourth-order valence-electron chi connectivity index (χ4n) is 4.74. The number of sulfonamides is 1. The maximum Gasteiger partial charge on any atom is 0.262 e. The van der Waals surface area contributed by atoms with Crippen molar-refractivity contribution in [2.75, 3.05) is 18.5 Å². The van der Waals surface area contributed by atoms with Crippen LogP contribution in [0, 0.1) is 5.92 Å². The summed E-state index contributed by atoms with van der Waals surface area (Å²) in [7, 11) is -1.99. The number of benzene rings is 2. The molecule has 3 heterocycles. The average Bonchev–Trinajstić information content (AvgIpc) is 3.41. The quantitative estimate of drug-likeness (QED) is 0.672. The lowest BCUT2D eigenvalue weighted by molar-refractivity contribution is 0.210. The summed E-state index contributed by atoms with van der Waals surface area (Å²) in [4.78, 5) is 4.10. The second kappa shape index (κ2) is 7.23. The molecule has 0 radical (unpaired) electrons. The average molecular weight is 425 g/mol. The number of aromatic nitrogens is 2. The minimum atomic E-state index is -3.75. The molecule has 0 bridgehead atoms. The Morgan fingerprint density at radius 2 is 1.97 bits per heavy atom. The van der Waals surface area contributed by atoms with Crippen molar-refractivity contribution in [3.05, 3.63) is 66.6 Å². The van der Waals surface area contributed by atoms with Gasteiger partial charge in [-0.1, -0.05) is 36.4 Å². The molecule has 30 heavy (non-hydrogen) atoms. The summed E-state index contributed by atoms with van der Waals surface area (Å²) >= 11 is 0. The number of imidazole rings is 1. The zero-order chi connectivity index (χ0) is 20.9. The highest BCUT2D eigenvalue weighted by atomic mass is 32.2. The first-order valence-corrected chi connectivity index (χ1v) is 11.5. The molecule has 0 amide bonds. The number of hydrogen-bond acceptors (Lipinski definition) is 5. The van der Waals surface area contributed by atoms with Gasteiger partial charge in [-0.05, 0) is 35.2 Å². The van der Waals surface area contributed by atoms with Gasteiger partial charge >= 0.3 is 0 Å². The first kappa shape index (κ1) is 19.3. The van der Waals surface area contributed by atoms with Gasteiger partial charge in [0.05, 0.1) is 25.0 Å². The van der Waals surface area contributed by atoms with Gasteiger partial charge in [0.2, 0.25) is 0 Å². The Morgan fingerprint density at radius 3 is 2.67 bits per heavy atom. The van der Waals surface area contributed by atoms with Crippen LogP contribution in [0.25, 0.3) is 11.1 Å². The summed E-state index contributed by atoms with van der Waals surface area (Å²) in [6.07, 6.45) is 3.72. The lowest BCUT2D eigenvalue weighted by atomic mass is 9.82. The lowest BCUT2D eigenvalue weighted by Gasteiger charge is -2.38. The standard InChI is InChI=1S/C22H24N4O3S/c1-25-12-21(23-14-25)30(28,29)26-10-9-17-20(13-27)24-19-8-7-16(11-18(19)22(17)26)15-5-3-2-4-6-15/h2-8,11-12,14,17,20,22,24,27H,9-10,13H2,1H3/t17-,20+,22-/m0/s1. The van der Waals surface area contributed by atoms with E-state index in [-0.39, 0.29) is 29.6 Å². The molecule has 5 rings (SSSR count). The first-order valence-electron chi connectivity index (χ1n) is 10.1. The van der Waals surface area contributed by atoms with E-state index in [1.165, 1.54) is 12.5 Å². The third-order valence-corrected chi connectivity index (χ3v) is 7.95. The molecule has 1 aromatic heterocycles. The molecule has 156 valence electrons. The Labute approximate surface area is 176 Å². The van der Waals surface area contributed by atoms with Gasteiger partial charge in [-0.15, -0.1) is 0 Å². The Balaban J connectivity index is 1.62. The molecule has 3 aromatic rings. The molecule has 2 aliphatic heterocycles. The third-order valence-electron chi connectivity index (χ3n) is 6.18. The van der Waals surface area contributed by atoms with Crippen LogP contribution in [0.15, 0.2) is 66.1 Å². The SMILES string of the molecule is Cn1cnc(S(=O)(=O)N2CC[C@@H]3[C@H]2c2cc(-c4ccccc4)ccc2N[C@@H]3CO)c1. The maximum absolute atomic E-state index is 13.4. The van der Waals surface area contributed by atoms with E-state index in [0.717, 1.165) is 22.4 Å². The molecule has 7 nitrogen and oxygen atoms in total. The van der Waals surface area contributed by atoms with Crippen molar-refractivity contribution in [3.63, 3.8) is 0 Å². The second-order valence-corrected chi connectivity index (χ2v) is 9.83. The Bertz CT molecular complexity index is 1180. The van der Waals surface area contributed by atoms with Crippen LogP contribution in [0.5, 0.6) is 0 Å².